The van der Waals surface area contributed by atoms with E-state index < -0.39 is 21.3 Å². The summed E-state index contributed by atoms with van der Waals surface area (Å²) in [5.41, 5.74) is -0.830. The van der Waals surface area contributed by atoms with Gasteiger partial charge in [0, 0.05) is 10.2 Å². The first kappa shape index (κ1) is 13.4. The Balaban J connectivity index is 2.31. The maximum absolute atomic E-state index is 11.5. The number of rotatable bonds is 3. The fourth-order valence-corrected chi connectivity index (χ4v) is 4.31. The van der Waals surface area contributed by atoms with E-state index in [4.69, 9.17) is 0 Å². The summed E-state index contributed by atoms with van der Waals surface area (Å²) in [6.07, 6.45) is 0.0805. The minimum atomic E-state index is -3.28. The number of carbonyl (C=O) groups is 1. The molecule has 1 heterocycles. The van der Waals surface area contributed by atoms with Crippen molar-refractivity contribution in [3.05, 3.63) is 28.7 Å². The zero-order valence-corrected chi connectivity index (χ0v) is 11.8. The fraction of sp³-hybridized carbons (Fsp3) is 0.364. The highest BCUT2D eigenvalue weighted by Crippen LogP contribution is 2.29. The molecule has 0 spiro atoms. The molecule has 1 aromatic rings. The SMILES string of the molecule is O=C(O)C1(Nc2cccc(Br)c2)CCS(=O)(=O)C1. The highest BCUT2D eigenvalue weighted by atomic mass is 79.9. The summed E-state index contributed by atoms with van der Waals surface area (Å²) >= 11 is 3.28. The van der Waals surface area contributed by atoms with Crippen LogP contribution < -0.4 is 5.32 Å². The molecule has 1 fully saturated rings. The number of halogens is 1. The molecule has 1 saturated heterocycles. The van der Waals surface area contributed by atoms with Crippen molar-refractivity contribution in [2.45, 2.75) is 12.0 Å². The van der Waals surface area contributed by atoms with Crippen LogP contribution in [0.3, 0.4) is 0 Å². The van der Waals surface area contributed by atoms with E-state index in [0.717, 1.165) is 4.47 Å². The maximum Gasteiger partial charge on any atom is 0.330 e. The molecular weight excluding hydrogens is 322 g/mol. The predicted octanol–water partition coefficient (Wildman–Crippen LogP) is 1.50. The van der Waals surface area contributed by atoms with E-state index in [1.807, 2.05) is 6.07 Å². The van der Waals surface area contributed by atoms with Crippen LogP contribution in [0.4, 0.5) is 5.69 Å². The van der Waals surface area contributed by atoms with Gasteiger partial charge in [0.15, 0.2) is 15.4 Å². The van der Waals surface area contributed by atoms with Gasteiger partial charge in [-0.2, -0.15) is 0 Å². The van der Waals surface area contributed by atoms with Crippen LogP contribution in [0.25, 0.3) is 0 Å². The van der Waals surface area contributed by atoms with Crippen molar-refractivity contribution >= 4 is 37.4 Å². The van der Waals surface area contributed by atoms with Gasteiger partial charge < -0.3 is 10.4 Å². The van der Waals surface area contributed by atoms with Gasteiger partial charge in [0.25, 0.3) is 0 Å². The minimum Gasteiger partial charge on any atom is -0.479 e. The summed E-state index contributed by atoms with van der Waals surface area (Å²) in [5.74, 6) is -1.61. The average Bonchev–Trinajstić information content (AvgIpc) is 2.55. The van der Waals surface area contributed by atoms with Gasteiger partial charge in [-0.05, 0) is 24.6 Å². The quantitative estimate of drug-likeness (QED) is 0.875. The monoisotopic (exact) mass is 333 g/mol. The van der Waals surface area contributed by atoms with Crippen LogP contribution >= 0.6 is 15.9 Å². The van der Waals surface area contributed by atoms with Gasteiger partial charge >= 0.3 is 5.97 Å². The predicted molar refractivity (Wildman–Crippen MR) is 71.4 cm³/mol. The van der Waals surface area contributed by atoms with E-state index in [-0.39, 0.29) is 17.9 Å². The Morgan fingerprint density at radius 1 is 1.44 bits per heavy atom. The molecule has 2 rings (SSSR count). The zero-order chi connectivity index (χ0) is 13.4. The molecule has 0 aliphatic carbocycles. The summed E-state index contributed by atoms with van der Waals surface area (Å²) in [7, 11) is -3.28. The molecule has 2 N–H and O–H groups in total. The van der Waals surface area contributed by atoms with Crippen LogP contribution in [-0.4, -0.2) is 36.5 Å². The molecule has 1 aromatic carbocycles. The second-order valence-electron chi connectivity index (χ2n) is 4.36. The van der Waals surface area contributed by atoms with E-state index in [1.165, 1.54) is 0 Å². The van der Waals surface area contributed by atoms with E-state index in [0.29, 0.717) is 5.69 Å². The van der Waals surface area contributed by atoms with Crippen molar-refractivity contribution in [1.82, 2.24) is 0 Å². The van der Waals surface area contributed by atoms with Gasteiger partial charge in [0.2, 0.25) is 0 Å². The lowest BCUT2D eigenvalue weighted by Gasteiger charge is -2.25. The number of carboxylic acid groups (broad SMARTS) is 1. The molecule has 7 heteroatoms. The van der Waals surface area contributed by atoms with Crippen LogP contribution in [0.1, 0.15) is 6.42 Å². The highest BCUT2D eigenvalue weighted by Gasteiger charge is 2.48. The molecule has 1 atom stereocenters. The summed E-state index contributed by atoms with van der Waals surface area (Å²) in [6.45, 7) is 0. The van der Waals surface area contributed by atoms with Crippen molar-refractivity contribution in [1.29, 1.82) is 0 Å². The number of anilines is 1. The Bertz CT molecular complexity index is 586. The van der Waals surface area contributed by atoms with E-state index in [9.17, 15) is 18.3 Å². The molecular formula is C11H12BrNO4S. The van der Waals surface area contributed by atoms with Crippen molar-refractivity contribution in [2.75, 3.05) is 16.8 Å². The Labute approximate surface area is 113 Å². The first-order chi connectivity index (χ1) is 8.33. The topological polar surface area (TPSA) is 83.5 Å². The van der Waals surface area contributed by atoms with Crippen LogP contribution in [0, 0.1) is 0 Å². The third-order valence-electron chi connectivity index (χ3n) is 2.92. The molecule has 1 unspecified atom stereocenters. The van der Waals surface area contributed by atoms with Gasteiger partial charge in [-0.3, -0.25) is 0 Å². The van der Waals surface area contributed by atoms with Crippen molar-refractivity contribution in [3.63, 3.8) is 0 Å². The van der Waals surface area contributed by atoms with E-state index in [1.54, 1.807) is 18.2 Å². The molecule has 0 amide bonds. The Morgan fingerprint density at radius 3 is 2.67 bits per heavy atom. The summed E-state index contributed by atoms with van der Waals surface area (Å²) in [4.78, 5) is 11.4. The number of benzene rings is 1. The minimum absolute atomic E-state index is 0.0805. The number of nitrogens with one attached hydrogen (secondary N) is 1. The molecule has 18 heavy (non-hydrogen) atoms. The highest BCUT2D eigenvalue weighted by molar-refractivity contribution is 9.10. The summed E-state index contributed by atoms with van der Waals surface area (Å²) in [5, 5.41) is 12.1. The van der Waals surface area contributed by atoms with E-state index >= 15 is 0 Å². The number of hydrogen-bond donors (Lipinski definition) is 2. The van der Waals surface area contributed by atoms with Gasteiger partial charge in [-0.1, -0.05) is 22.0 Å². The number of hydrogen-bond acceptors (Lipinski definition) is 4. The number of carboxylic acids is 1. The maximum atomic E-state index is 11.5. The third-order valence-corrected chi connectivity index (χ3v) is 5.18. The van der Waals surface area contributed by atoms with Crippen molar-refractivity contribution in [2.24, 2.45) is 0 Å². The van der Waals surface area contributed by atoms with Crippen molar-refractivity contribution in [3.8, 4) is 0 Å². The molecule has 1 aliphatic heterocycles. The molecule has 0 aromatic heterocycles. The third kappa shape index (κ3) is 2.67. The lowest BCUT2D eigenvalue weighted by Crippen LogP contribution is -2.47. The van der Waals surface area contributed by atoms with E-state index in [2.05, 4.69) is 21.2 Å². The number of sulfone groups is 1. The second kappa shape index (κ2) is 4.55. The van der Waals surface area contributed by atoms with Crippen molar-refractivity contribution < 1.29 is 18.3 Å². The summed E-state index contributed by atoms with van der Waals surface area (Å²) < 4.78 is 23.8. The number of aliphatic carboxylic acids is 1. The molecule has 5 nitrogen and oxygen atoms in total. The van der Waals surface area contributed by atoms with Gasteiger partial charge in [0.1, 0.15) is 0 Å². The van der Waals surface area contributed by atoms with Crippen LogP contribution in [0.15, 0.2) is 28.7 Å². The normalized spacial score (nSPS) is 25.8. The Hall–Kier alpha value is -1.08. The lowest BCUT2D eigenvalue weighted by molar-refractivity contribution is -0.141. The van der Waals surface area contributed by atoms with Gasteiger partial charge in [-0.25, -0.2) is 13.2 Å². The molecule has 0 bridgehead atoms. The standard InChI is InChI=1S/C11H12BrNO4S/c12-8-2-1-3-9(6-8)13-11(10(14)15)4-5-18(16,17)7-11/h1-3,6,13H,4-5,7H2,(H,14,15). The zero-order valence-electron chi connectivity index (χ0n) is 9.39. The Kier molecular flexibility index (Phi) is 3.37. The van der Waals surface area contributed by atoms with Gasteiger partial charge in [-0.15, -0.1) is 0 Å². The van der Waals surface area contributed by atoms with Gasteiger partial charge in [0.05, 0.1) is 11.5 Å². The Morgan fingerprint density at radius 2 is 2.17 bits per heavy atom. The second-order valence-corrected chi connectivity index (χ2v) is 7.46. The lowest BCUT2D eigenvalue weighted by atomic mass is 9.99. The summed E-state index contributed by atoms with van der Waals surface area (Å²) in [6, 6.07) is 6.99. The molecule has 1 aliphatic rings. The van der Waals surface area contributed by atoms with Crippen LogP contribution in [0.2, 0.25) is 0 Å². The molecule has 0 saturated carbocycles. The first-order valence-electron chi connectivity index (χ1n) is 5.31. The smallest absolute Gasteiger partial charge is 0.330 e. The largest absolute Gasteiger partial charge is 0.479 e. The fourth-order valence-electron chi connectivity index (χ4n) is 2.01. The first-order valence-corrected chi connectivity index (χ1v) is 7.92. The molecule has 0 radical (unpaired) electrons. The van der Waals surface area contributed by atoms with Crippen LogP contribution in [-0.2, 0) is 14.6 Å². The average molecular weight is 334 g/mol. The molecule has 98 valence electrons. The van der Waals surface area contributed by atoms with Crippen LogP contribution in [0.5, 0.6) is 0 Å².